The first-order valence-electron chi connectivity index (χ1n) is 10.5. The van der Waals surface area contributed by atoms with Gasteiger partial charge >= 0.3 is 0 Å². The maximum absolute atomic E-state index is 12.9. The Morgan fingerprint density at radius 3 is 2.80 bits per heavy atom. The van der Waals surface area contributed by atoms with Crippen molar-refractivity contribution in [2.45, 2.75) is 24.5 Å². The minimum atomic E-state index is -0.578. The number of ether oxygens (including phenoxy) is 1. The quantitative estimate of drug-likeness (QED) is 0.179. The number of hydrogen-bond donors (Lipinski definition) is 3. The number of carbonyl (C=O) groups is 1. The van der Waals surface area contributed by atoms with Crippen LogP contribution >= 0.6 is 11.8 Å². The smallest absolute Gasteiger partial charge is 0.293 e. The van der Waals surface area contributed by atoms with Crippen LogP contribution < -0.4 is 15.9 Å². The van der Waals surface area contributed by atoms with Gasteiger partial charge in [-0.05, 0) is 60.1 Å². The lowest BCUT2D eigenvalue weighted by Gasteiger charge is -2.06. The number of nitrogens with two attached hydrogens (primary N) is 1. The van der Waals surface area contributed by atoms with Crippen molar-refractivity contribution in [1.29, 1.82) is 0 Å². The van der Waals surface area contributed by atoms with Gasteiger partial charge in [0.1, 0.15) is 0 Å². The summed E-state index contributed by atoms with van der Waals surface area (Å²) in [6, 6.07) is 12.7. The highest BCUT2D eigenvalue weighted by molar-refractivity contribution is 7.98. The topological polar surface area (TPSA) is 167 Å². The molecule has 0 saturated carbocycles. The maximum atomic E-state index is 12.9. The average molecular weight is 495 g/mol. The molecule has 35 heavy (non-hydrogen) atoms. The number of aryl methyl sites for hydroxylation is 1. The number of carbonyl (C=O) groups excluding carboxylic acids is 1. The minimum Gasteiger partial charge on any atom is -0.504 e. The highest BCUT2D eigenvalue weighted by Gasteiger charge is 2.24. The lowest BCUT2D eigenvalue weighted by molar-refractivity contribution is 0.0949. The predicted octanol–water partition coefficient (Wildman–Crippen LogP) is 2.70. The van der Waals surface area contributed by atoms with Crippen LogP contribution in [-0.2, 0) is 5.75 Å². The highest BCUT2D eigenvalue weighted by Crippen LogP contribution is 2.27. The zero-order valence-corrected chi connectivity index (χ0v) is 19.7. The number of thioether (sulfide) groups is 1. The second kappa shape index (κ2) is 10.7. The van der Waals surface area contributed by atoms with E-state index < -0.39 is 5.91 Å². The summed E-state index contributed by atoms with van der Waals surface area (Å²) in [5.41, 5.74) is 10.5. The van der Waals surface area contributed by atoms with Crippen molar-refractivity contribution in [3.8, 4) is 17.3 Å². The first-order valence-corrected chi connectivity index (χ1v) is 11.5. The molecule has 180 valence electrons. The Kier molecular flexibility index (Phi) is 7.26. The lowest BCUT2D eigenvalue weighted by Crippen LogP contribution is -2.20. The Hall–Kier alpha value is -4.39. The number of phenolic OH excluding ortho intramolecular Hbond substituents is 1. The van der Waals surface area contributed by atoms with Crippen LogP contribution in [0.4, 0.5) is 5.82 Å². The maximum Gasteiger partial charge on any atom is 0.293 e. The van der Waals surface area contributed by atoms with Crippen molar-refractivity contribution < 1.29 is 19.3 Å². The van der Waals surface area contributed by atoms with Gasteiger partial charge < -0.3 is 15.6 Å². The van der Waals surface area contributed by atoms with E-state index in [-0.39, 0.29) is 23.1 Å². The number of amides is 1. The fourth-order valence-electron chi connectivity index (χ4n) is 3.00. The standard InChI is InChI=1S/C22H22N8O4S/c1-3-33-18-10-14(6-9-17(18)31)11-24-26-22(32)19-16(12-35-15-7-4-13(2)5-8-15)30(29-25-19)21-20(23)27-34-28-21/h4-11,31H,3,12H2,1-2H3,(H2,23,27)(H,26,32)/b24-11-. The molecule has 0 bridgehead atoms. The van der Waals surface area contributed by atoms with Gasteiger partial charge in [0.15, 0.2) is 17.2 Å². The third kappa shape index (κ3) is 5.58. The molecule has 1 amide bonds. The summed E-state index contributed by atoms with van der Waals surface area (Å²) in [4.78, 5) is 13.9. The fourth-order valence-corrected chi connectivity index (χ4v) is 3.89. The Morgan fingerprint density at radius 1 is 1.29 bits per heavy atom. The summed E-state index contributed by atoms with van der Waals surface area (Å²) in [6.45, 7) is 4.22. The molecule has 0 aliphatic carbocycles. The second-order valence-corrected chi connectivity index (χ2v) is 8.28. The monoisotopic (exact) mass is 494 g/mol. The molecule has 4 N–H and O–H groups in total. The van der Waals surface area contributed by atoms with Crippen molar-refractivity contribution >= 4 is 29.7 Å². The van der Waals surface area contributed by atoms with Crippen molar-refractivity contribution in [1.82, 2.24) is 30.7 Å². The van der Waals surface area contributed by atoms with Crippen LogP contribution in [0.5, 0.6) is 11.5 Å². The van der Waals surface area contributed by atoms with E-state index in [1.54, 1.807) is 12.1 Å². The Morgan fingerprint density at radius 2 is 2.09 bits per heavy atom. The number of nitrogens with one attached hydrogen (secondary N) is 1. The molecule has 2 aromatic heterocycles. The minimum absolute atomic E-state index is 0.0129. The van der Waals surface area contributed by atoms with E-state index in [1.165, 1.54) is 28.7 Å². The number of hydrazone groups is 1. The fraction of sp³-hybridized carbons (Fsp3) is 0.182. The predicted molar refractivity (Wildman–Crippen MR) is 129 cm³/mol. The second-order valence-electron chi connectivity index (χ2n) is 7.23. The van der Waals surface area contributed by atoms with E-state index in [2.05, 4.69) is 35.8 Å². The molecule has 0 radical (unpaired) electrons. The van der Waals surface area contributed by atoms with Crippen molar-refractivity contribution in [3.05, 3.63) is 65.0 Å². The molecule has 0 unspecified atom stereocenters. The molecule has 0 saturated heterocycles. The largest absolute Gasteiger partial charge is 0.504 e. The van der Waals surface area contributed by atoms with Crippen molar-refractivity contribution in [2.75, 3.05) is 12.3 Å². The van der Waals surface area contributed by atoms with E-state index in [1.807, 2.05) is 38.1 Å². The Bertz CT molecular complexity index is 1350. The number of phenols is 1. The summed E-state index contributed by atoms with van der Waals surface area (Å²) < 4.78 is 11.4. The van der Waals surface area contributed by atoms with E-state index >= 15 is 0 Å². The van der Waals surface area contributed by atoms with Gasteiger partial charge in [0.05, 0.1) is 18.5 Å². The van der Waals surface area contributed by atoms with Gasteiger partial charge in [0, 0.05) is 10.6 Å². The number of nitrogens with zero attached hydrogens (tertiary/aromatic N) is 6. The number of aromatic hydroxyl groups is 1. The number of aromatic nitrogens is 5. The van der Waals surface area contributed by atoms with Gasteiger partial charge in [-0.2, -0.15) is 9.78 Å². The molecule has 13 heteroatoms. The molecule has 12 nitrogen and oxygen atoms in total. The van der Waals surface area contributed by atoms with E-state index in [9.17, 15) is 9.90 Å². The Balaban J connectivity index is 1.55. The van der Waals surface area contributed by atoms with Crippen molar-refractivity contribution in [3.63, 3.8) is 0 Å². The molecular weight excluding hydrogens is 472 g/mol. The van der Waals surface area contributed by atoms with Gasteiger partial charge in [0.25, 0.3) is 5.91 Å². The van der Waals surface area contributed by atoms with E-state index in [0.717, 1.165) is 10.5 Å². The van der Waals surface area contributed by atoms with Crippen LogP contribution in [0.2, 0.25) is 0 Å². The number of hydrogen-bond acceptors (Lipinski definition) is 11. The van der Waals surface area contributed by atoms with E-state index in [4.69, 9.17) is 10.5 Å². The summed E-state index contributed by atoms with van der Waals surface area (Å²) in [5, 5.41) is 29.2. The summed E-state index contributed by atoms with van der Waals surface area (Å²) in [6.07, 6.45) is 1.42. The number of anilines is 1. The first kappa shape index (κ1) is 23.8. The number of nitrogen functional groups attached to an aromatic ring is 1. The molecule has 0 atom stereocenters. The van der Waals surface area contributed by atoms with Gasteiger partial charge in [0.2, 0.25) is 11.6 Å². The van der Waals surface area contributed by atoms with Crippen LogP contribution in [0.1, 0.15) is 34.2 Å². The van der Waals surface area contributed by atoms with Crippen LogP contribution in [0.25, 0.3) is 5.82 Å². The third-order valence-corrected chi connectivity index (χ3v) is 5.76. The summed E-state index contributed by atoms with van der Waals surface area (Å²) >= 11 is 1.49. The normalized spacial score (nSPS) is 11.1. The van der Waals surface area contributed by atoms with Crippen LogP contribution in [-0.4, -0.2) is 49.1 Å². The molecular formula is C22H22N8O4S. The zero-order chi connectivity index (χ0) is 24.8. The SMILES string of the molecule is CCOc1cc(/C=N\NC(=O)c2nnn(-c3nonc3N)c2CSc2ccc(C)cc2)ccc1O. The van der Waals surface area contributed by atoms with Gasteiger partial charge in [-0.25, -0.2) is 10.1 Å². The molecule has 2 aromatic carbocycles. The summed E-state index contributed by atoms with van der Waals surface area (Å²) in [5.74, 6) is 0.239. The van der Waals surface area contributed by atoms with Gasteiger partial charge in [-0.3, -0.25) is 4.79 Å². The lowest BCUT2D eigenvalue weighted by atomic mass is 10.2. The van der Waals surface area contributed by atoms with Crippen LogP contribution in [0.15, 0.2) is 57.1 Å². The third-order valence-electron chi connectivity index (χ3n) is 4.73. The summed E-state index contributed by atoms with van der Waals surface area (Å²) in [7, 11) is 0. The Labute approximate surface area is 204 Å². The molecule has 0 fully saturated rings. The molecule has 0 aliphatic heterocycles. The zero-order valence-electron chi connectivity index (χ0n) is 18.9. The van der Waals surface area contributed by atoms with Gasteiger partial charge in [-0.1, -0.05) is 22.9 Å². The number of rotatable bonds is 9. The average Bonchev–Trinajstić information content (AvgIpc) is 3.46. The highest BCUT2D eigenvalue weighted by atomic mass is 32.2. The van der Waals surface area contributed by atoms with Crippen molar-refractivity contribution in [2.24, 2.45) is 5.10 Å². The first-order chi connectivity index (χ1) is 17.0. The van der Waals surface area contributed by atoms with Crippen LogP contribution in [0.3, 0.4) is 0 Å². The van der Waals surface area contributed by atoms with Gasteiger partial charge in [-0.15, -0.1) is 16.9 Å². The molecule has 4 aromatic rings. The molecule has 0 spiro atoms. The molecule has 4 rings (SSSR count). The van der Waals surface area contributed by atoms with Crippen LogP contribution in [0, 0.1) is 6.92 Å². The van der Waals surface area contributed by atoms with E-state index in [0.29, 0.717) is 29.4 Å². The number of benzene rings is 2. The molecule has 2 heterocycles. The molecule has 0 aliphatic rings.